The van der Waals surface area contributed by atoms with Gasteiger partial charge >= 0.3 is 0 Å². The summed E-state index contributed by atoms with van der Waals surface area (Å²) in [6.07, 6.45) is 35.9. The topological polar surface area (TPSA) is 6.48 Å². The lowest BCUT2D eigenvalue weighted by molar-refractivity contribution is -0.102. The van der Waals surface area contributed by atoms with Crippen molar-refractivity contribution >= 4 is 0 Å². The van der Waals surface area contributed by atoms with E-state index in [9.17, 15) is 0 Å². The number of hydrogen-bond acceptors (Lipinski definition) is 2. The first-order chi connectivity index (χ1) is 15.8. The van der Waals surface area contributed by atoms with Gasteiger partial charge in [-0.05, 0) is 89.0 Å². The molecule has 1 aliphatic carbocycles. The number of hydrogen-bond donors (Lipinski definition) is 0. The van der Waals surface area contributed by atoms with Crippen LogP contribution in [0.15, 0.2) is 60.3 Å². The summed E-state index contributed by atoms with van der Waals surface area (Å²) in [6, 6.07) is 0.730. The fraction of sp³-hybridized carbons (Fsp3) is 0.667. The molecule has 1 unspecified atom stereocenters. The Bertz CT molecular complexity index is 772. The Hall–Kier alpha value is -1.38. The van der Waals surface area contributed by atoms with Gasteiger partial charge in [-0.3, -0.25) is 4.90 Å². The maximum absolute atomic E-state index is 2.94. The molecule has 0 N–H and O–H groups in total. The van der Waals surface area contributed by atoms with Crippen molar-refractivity contribution in [2.75, 3.05) is 32.7 Å². The van der Waals surface area contributed by atoms with E-state index in [0.717, 1.165) is 30.7 Å². The van der Waals surface area contributed by atoms with E-state index in [0.29, 0.717) is 5.41 Å². The van der Waals surface area contributed by atoms with Crippen molar-refractivity contribution in [3.63, 3.8) is 0 Å². The highest BCUT2D eigenvalue weighted by atomic mass is 15.2. The number of nitrogens with zero attached hydrogens (tertiary/aromatic N) is 2. The zero-order valence-corrected chi connectivity index (χ0v) is 20.1. The van der Waals surface area contributed by atoms with E-state index in [-0.39, 0.29) is 0 Å². The fourth-order valence-electron chi connectivity index (χ4n) is 7.44. The first-order valence-corrected chi connectivity index (χ1v) is 13.6. The van der Waals surface area contributed by atoms with Crippen molar-refractivity contribution in [2.45, 2.75) is 76.7 Å². The van der Waals surface area contributed by atoms with Crippen molar-refractivity contribution in [3.8, 4) is 0 Å². The summed E-state index contributed by atoms with van der Waals surface area (Å²) in [5, 5.41) is 0. The second-order valence-electron chi connectivity index (χ2n) is 11.1. The van der Waals surface area contributed by atoms with Gasteiger partial charge in [0.1, 0.15) is 0 Å². The third-order valence-electron chi connectivity index (χ3n) is 8.91. The van der Waals surface area contributed by atoms with Gasteiger partial charge in [-0.1, -0.05) is 60.3 Å². The molecule has 3 fully saturated rings. The van der Waals surface area contributed by atoms with Gasteiger partial charge in [-0.25, -0.2) is 0 Å². The number of fused-ring (bicyclic) bond motifs is 1. The Morgan fingerprint density at radius 3 is 2.50 bits per heavy atom. The van der Waals surface area contributed by atoms with Gasteiger partial charge in [0.15, 0.2) is 0 Å². The maximum Gasteiger partial charge on any atom is 0.0310 e. The van der Waals surface area contributed by atoms with Gasteiger partial charge in [-0.2, -0.15) is 0 Å². The Labute approximate surface area is 196 Å². The van der Waals surface area contributed by atoms with Crippen LogP contribution in [0.2, 0.25) is 0 Å². The zero-order chi connectivity index (χ0) is 21.6. The van der Waals surface area contributed by atoms with Crippen LogP contribution in [0.4, 0.5) is 0 Å². The van der Waals surface area contributed by atoms with Crippen molar-refractivity contribution < 1.29 is 0 Å². The van der Waals surface area contributed by atoms with Crippen LogP contribution in [0, 0.1) is 17.3 Å². The molecule has 32 heavy (non-hydrogen) atoms. The van der Waals surface area contributed by atoms with Crippen LogP contribution in [-0.4, -0.2) is 48.6 Å². The summed E-state index contributed by atoms with van der Waals surface area (Å²) in [5.74, 6) is 1.77. The highest BCUT2D eigenvalue weighted by molar-refractivity contribution is 5.24. The number of allylic oxidation sites excluding steroid dienone is 8. The normalized spacial score (nSPS) is 44.4. The molecule has 4 bridgehead atoms. The molecule has 1 saturated carbocycles. The predicted octanol–water partition coefficient (Wildman–Crippen LogP) is 6.69. The fourth-order valence-corrected chi connectivity index (χ4v) is 7.44. The summed E-state index contributed by atoms with van der Waals surface area (Å²) in [6.45, 7) is 6.49. The lowest BCUT2D eigenvalue weighted by Crippen LogP contribution is -2.65. The van der Waals surface area contributed by atoms with Crippen LogP contribution in [0.1, 0.15) is 70.6 Å². The zero-order valence-electron chi connectivity index (χ0n) is 20.1. The summed E-state index contributed by atoms with van der Waals surface area (Å²) in [4.78, 5) is 5.80. The Morgan fingerprint density at radius 2 is 1.56 bits per heavy atom. The van der Waals surface area contributed by atoms with Gasteiger partial charge < -0.3 is 4.90 Å². The molecule has 4 aliphatic heterocycles. The Kier molecular flexibility index (Phi) is 7.49. The quantitative estimate of drug-likeness (QED) is 0.394. The van der Waals surface area contributed by atoms with Crippen LogP contribution >= 0.6 is 0 Å². The number of rotatable bonds is 0. The SMILES string of the molecule is C1=C\CC/C=C/C[C@@]23CN(CC/C=C\C/1)C[C@H]1C/C4=C/C/C=C\CCCCN(C2)[C@H]4C[C@H]13. The molecule has 2 saturated heterocycles. The van der Waals surface area contributed by atoms with Gasteiger partial charge in [0.2, 0.25) is 0 Å². The molecule has 2 heteroatoms. The van der Waals surface area contributed by atoms with E-state index in [2.05, 4.69) is 64.5 Å². The van der Waals surface area contributed by atoms with Crippen molar-refractivity contribution in [3.05, 3.63) is 60.3 Å². The molecule has 0 aromatic carbocycles. The second-order valence-corrected chi connectivity index (χ2v) is 11.1. The maximum atomic E-state index is 2.94. The van der Waals surface area contributed by atoms with Crippen molar-refractivity contribution in [1.82, 2.24) is 9.80 Å². The predicted molar refractivity (Wildman–Crippen MR) is 137 cm³/mol. The van der Waals surface area contributed by atoms with Gasteiger partial charge in [0.05, 0.1) is 0 Å². The van der Waals surface area contributed by atoms with E-state index in [1.165, 1.54) is 90.5 Å². The molecule has 5 atom stereocenters. The molecule has 5 aliphatic rings. The third-order valence-corrected chi connectivity index (χ3v) is 8.91. The summed E-state index contributed by atoms with van der Waals surface area (Å²) in [5.41, 5.74) is 2.24. The van der Waals surface area contributed by atoms with Crippen molar-refractivity contribution in [1.29, 1.82) is 0 Å². The van der Waals surface area contributed by atoms with E-state index >= 15 is 0 Å². The van der Waals surface area contributed by atoms with Crippen LogP contribution in [0.25, 0.3) is 0 Å². The Morgan fingerprint density at radius 1 is 0.750 bits per heavy atom. The minimum atomic E-state index is 0.458. The van der Waals surface area contributed by atoms with Crippen molar-refractivity contribution in [2.24, 2.45) is 17.3 Å². The first-order valence-electron chi connectivity index (χ1n) is 13.6. The molecule has 1 spiro atoms. The van der Waals surface area contributed by atoms with E-state index < -0.39 is 0 Å². The standard InChI is InChI=1S/C30H44N2/c1-2-4-7-11-15-19-31-23-27-21-26-17-13-9-5-8-12-16-20-32-25-30(24-31,18-14-10-6-3-1)28(27)22-29(26)32/h1-2,5,7,9-11,14,17,27-29H,3-4,6,8,12-13,15-16,18-25H2/b2-1-,9-5-,11-7-,14-10+,26-17-/t27-,28-,29+,30-/m1/s1. The molecule has 5 rings (SSSR count). The molecule has 0 aromatic rings. The lowest BCUT2D eigenvalue weighted by atomic mass is 9.55. The average Bonchev–Trinajstić information content (AvgIpc) is 2.84. The van der Waals surface area contributed by atoms with Crippen LogP contribution in [0.5, 0.6) is 0 Å². The third kappa shape index (κ3) is 5.07. The first kappa shape index (κ1) is 22.4. The molecule has 0 radical (unpaired) electrons. The van der Waals surface area contributed by atoms with Gasteiger partial charge in [-0.15, -0.1) is 0 Å². The number of piperidine rings is 2. The van der Waals surface area contributed by atoms with E-state index in [1.807, 2.05) is 0 Å². The molecular weight excluding hydrogens is 388 g/mol. The molecule has 174 valence electrons. The van der Waals surface area contributed by atoms with Crippen LogP contribution in [-0.2, 0) is 0 Å². The molecule has 2 nitrogen and oxygen atoms in total. The average molecular weight is 433 g/mol. The monoisotopic (exact) mass is 432 g/mol. The minimum absolute atomic E-state index is 0.458. The largest absolute Gasteiger partial charge is 0.302 e. The second kappa shape index (κ2) is 10.7. The minimum Gasteiger partial charge on any atom is -0.302 e. The summed E-state index contributed by atoms with van der Waals surface area (Å²) in [7, 11) is 0. The van der Waals surface area contributed by atoms with Crippen LogP contribution in [0.3, 0.4) is 0 Å². The lowest BCUT2D eigenvalue weighted by Gasteiger charge is -2.62. The molecule has 0 amide bonds. The molecule has 0 aromatic heterocycles. The molecule has 4 heterocycles. The highest BCUT2D eigenvalue weighted by Crippen LogP contribution is 2.55. The smallest absolute Gasteiger partial charge is 0.0310 e. The van der Waals surface area contributed by atoms with E-state index in [1.54, 1.807) is 5.57 Å². The highest BCUT2D eigenvalue weighted by Gasteiger charge is 2.55. The Balaban J connectivity index is 1.44. The van der Waals surface area contributed by atoms with Crippen LogP contribution < -0.4 is 0 Å². The molecular formula is C30H44N2. The van der Waals surface area contributed by atoms with E-state index in [4.69, 9.17) is 0 Å². The van der Waals surface area contributed by atoms with Gasteiger partial charge in [0.25, 0.3) is 0 Å². The van der Waals surface area contributed by atoms with Gasteiger partial charge in [0, 0.05) is 37.6 Å². The summed E-state index contributed by atoms with van der Waals surface area (Å²) < 4.78 is 0. The summed E-state index contributed by atoms with van der Waals surface area (Å²) >= 11 is 0.